The van der Waals surface area contributed by atoms with Crippen molar-refractivity contribution in [3.63, 3.8) is 0 Å². The summed E-state index contributed by atoms with van der Waals surface area (Å²) < 4.78 is 2.02. The van der Waals surface area contributed by atoms with Crippen molar-refractivity contribution in [2.75, 3.05) is 0 Å². The lowest BCUT2D eigenvalue weighted by atomic mass is 9.91. The minimum absolute atomic E-state index is 0.123. The van der Waals surface area contributed by atoms with Crippen molar-refractivity contribution in [1.82, 2.24) is 9.55 Å². The Hall–Kier alpha value is -2.36. The fourth-order valence-corrected chi connectivity index (χ4v) is 3.04. The Morgan fingerprint density at radius 2 is 2.10 bits per heavy atom. The first-order valence-electron chi connectivity index (χ1n) is 7.19. The van der Waals surface area contributed by atoms with E-state index in [0.29, 0.717) is 5.69 Å². The average Bonchev–Trinajstić information content (AvgIpc) is 2.93. The molecule has 3 rings (SSSR count). The van der Waals surface area contributed by atoms with E-state index in [0.717, 1.165) is 31.2 Å². The standard InChI is InChI=1S/C17H18N2O2/c1-12-6-5-9-14(10-12)19-11-18-15(17(20)21)16(19)13-7-3-2-4-8-13/h2-4,7-8,11,14H,1,5-6,9-10H2,(H,20,21). The van der Waals surface area contributed by atoms with E-state index in [1.54, 1.807) is 6.33 Å². The molecule has 1 aromatic heterocycles. The summed E-state index contributed by atoms with van der Waals surface area (Å²) in [4.78, 5) is 15.6. The minimum atomic E-state index is -0.984. The molecule has 1 fully saturated rings. The Labute approximate surface area is 123 Å². The van der Waals surface area contributed by atoms with Crippen LogP contribution in [0.2, 0.25) is 0 Å². The highest BCUT2D eigenvalue weighted by Crippen LogP contribution is 2.35. The number of carboxylic acid groups (broad SMARTS) is 1. The van der Waals surface area contributed by atoms with Gasteiger partial charge in [-0.1, -0.05) is 42.5 Å². The predicted octanol–water partition coefficient (Wildman–Crippen LogP) is 3.92. The number of aromatic carboxylic acids is 1. The normalized spacial score (nSPS) is 18.7. The first-order valence-corrected chi connectivity index (χ1v) is 7.19. The number of carboxylic acids is 1. The van der Waals surface area contributed by atoms with Gasteiger partial charge in [0.25, 0.3) is 0 Å². The SMILES string of the molecule is C=C1CCCC(n2cnc(C(=O)O)c2-c2ccccc2)C1. The molecule has 1 unspecified atom stereocenters. The highest BCUT2D eigenvalue weighted by Gasteiger charge is 2.25. The molecule has 0 bridgehead atoms. The number of rotatable bonds is 3. The fourth-order valence-electron chi connectivity index (χ4n) is 3.04. The molecule has 1 aliphatic carbocycles. The molecule has 1 N–H and O–H groups in total. The van der Waals surface area contributed by atoms with Crippen LogP contribution in [0.3, 0.4) is 0 Å². The molecule has 0 radical (unpaired) electrons. The van der Waals surface area contributed by atoms with E-state index in [1.807, 2.05) is 34.9 Å². The number of aromatic nitrogens is 2. The van der Waals surface area contributed by atoms with Gasteiger partial charge >= 0.3 is 5.97 Å². The van der Waals surface area contributed by atoms with Gasteiger partial charge in [0.2, 0.25) is 0 Å². The monoisotopic (exact) mass is 282 g/mol. The molecular formula is C17H18N2O2. The second-order valence-electron chi connectivity index (χ2n) is 5.52. The van der Waals surface area contributed by atoms with Gasteiger partial charge in [0.1, 0.15) is 0 Å². The number of nitrogens with zero attached hydrogens (tertiary/aromatic N) is 2. The number of hydrogen-bond acceptors (Lipinski definition) is 2. The third-order valence-corrected chi connectivity index (χ3v) is 4.03. The Balaban J connectivity index is 2.09. The number of hydrogen-bond donors (Lipinski definition) is 1. The zero-order valence-electron chi connectivity index (χ0n) is 11.8. The largest absolute Gasteiger partial charge is 0.476 e. The molecule has 21 heavy (non-hydrogen) atoms. The average molecular weight is 282 g/mol. The summed E-state index contributed by atoms with van der Waals surface area (Å²) in [5.74, 6) is -0.984. The number of allylic oxidation sites excluding steroid dienone is 1. The van der Waals surface area contributed by atoms with Crippen LogP contribution in [0.25, 0.3) is 11.3 Å². The number of benzene rings is 1. The Morgan fingerprint density at radius 3 is 2.76 bits per heavy atom. The smallest absolute Gasteiger partial charge is 0.356 e. The molecule has 1 saturated carbocycles. The molecule has 4 heteroatoms. The molecule has 4 nitrogen and oxygen atoms in total. The molecule has 1 atom stereocenters. The third kappa shape index (κ3) is 2.61. The van der Waals surface area contributed by atoms with Crippen LogP contribution >= 0.6 is 0 Å². The van der Waals surface area contributed by atoms with Crippen molar-refractivity contribution in [1.29, 1.82) is 0 Å². The van der Waals surface area contributed by atoms with Crippen molar-refractivity contribution in [2.24, 2.45) is 0 Å². The van der Waals surface area contributed by atoms with Crippen LogP contribution in [-0.2, 0) is 0 Å². The van der Waals surface area contributed by atoms with Crippen molar-refractivity contribution in [3.05, 3.63) is 54.5 Å². The van der Waals surface area contributed by atoms with Gasteiger partial charge in [0.05, 0.1) is 12.0 Å². The zero-order valence-corrected chi connectivity index (χ0v) is 11.8. The van der Waals surface area contributed by atoms with Crippen LogP contribution in [-0.4, -0.2) is 20.6 Å². The summed E-state index contributed by atoms with van der Waals surface area (Å²) in [5, 5.41) is 9.40. The predicted molar refractivity (Wildman–Crippen MR) is 81.3 cm³/mol. The Morgan fingerprint density at radius 1 is 1.33 bits per heavy atom. The van der Waals surface area contributed by atoms with E-state index >= 15 is 0 Å². The first-order chi connectivity index (χ1) is 10.2. The van der Waals surface area contributed by atoms with Gasteiger partial charge in [-0.05, 0) is 25.7 Å². The highest BCUT2D eigenvalue weighted by atomic mass is 16.4. The maximum absolute atomic E-state index is 11.5. The summed E-state index contributed by atoms with van der Waals surface area (Å²) in [5.41, 5.74) is 2.94. The molecule has 1 aliphatic rings. The zero-order chi connectivity index (χ0) is 14.8. The molecule has 1 aromatic carbocycles. The maximum atomic E-state index is 11.5. The van der Waals surface area contributed by atoms with E-state index < -0.39 is 5.97 Å². The van der Waals surface area contributed by atoms with E-state index in [2.05, 4.69) is 11.6 Å². The van der Waals surface area contributed by atoms with E-state index in [9.17, 15) is 9.90 Å². The molecule has 108 valence electrons. The van der Waals surface area contributed by atoms with Crippen LogP contribution < -0.4 is 0 Å². The minimum Gasteiger partial charge on any atom is -0.476 e. The Bertz CT molecular complexity index is 673. The second kappa shape index (κ2) is 5.56. The van der Waals surface area contributed by atoms with Crippen LogP contribution in [0.4, 0.5) is 0 Å². The van der Waals surface area contributed by atoms with Gasteiger partial charge in [-0.25, -0.2) is 9.78 Å². The fraction of sp³-hybridized carbons (Fsp3) is 0.294. The van der Waals surface area contributed by atoms with E-state index in [1.165, 1.54) is 5.57 Å². The van der Waals surface area contributed by atoms with Gasteiger partial charge in [-0.3, -0.25) is 0 Å². The summed E-state index contributed by atoms with van der Waals surface area (Å²) >= 11 is 0. The van der Waals surface area contributed by atoms with Crippen molar-refractivity contribution >= 4 is 5.97 Å². The number of carbonyl (C=O) groups is 1. The van der Waals surface area contributed by atoms with Crippen LogP contribution in [0.1, 0.15) is 42.2 Å². The molecule has 0 amide bonds. The van der Waals surface area contributed by atoms with Gasteiger partial charge in [-0.2, -0.15) is 0 Å². The van der Waals surface area contributed by atoms with E-state index in [-0.39, 0.29) is 11.7 Å². The molecule has 0 aliphatic heterocycles. The Kier molecular flexibility index (Phi) is 3.60. The summed E-state index contributed by atoms with van der Waals surface area (Å²) in [7, 11) is 0. The molecule has 0 saturated heterocycles. The van der Waals surface area contributed by atoms with Gasteiger partial charge < -0.3 is 9.67 Å². The quantitative estimate of drug-likeness (QED) is 0.868. The van der Waals surface area contributed by atoms with Crippen molar-refractivity contribution < 1.29 is 9.90 Å². The van der Waals surface area contributed by atoms with Gasteiger partial charge in [0, 0.05) is 11.6 Å². The molecule has 0 spiro atoms. The maximum Gasteiger partial charge on any atom is 0.356 e. The summed E-state index contributed by atoms with van der Waals surface area (Å²) in [6.45, 7) is 4.08. The van der Waals surface area contributed by atoms with Crippen molar-refractivity contribution in [3.8, 4) is 11.3 Å². The van der Waals surface area contributed by atoms with Gasteiger partial charge in [-0.15, -0.1) is 0 Å². The lowest BCUT2D eigenvalue weighted by Gasteiger charge is -2.26. The van der Waals surface area contributed by atoms with Gasteiger partial charge in [0.15, 0.2) is 5.69 Å². The molecular weight excluding hydrogens is 264 g/mol. The van der Waals surface area contributed by atoms with Crippen LogP contribution in [0.15, 0.2) is 48.8 Å². The molecule has 1 heterocycles. The highest BCUT2D eigenvalue weighted by molar-refractivity contribution is 5.93. The topological polar surface area (TPSA) is 55.1 Å². The second-order valence-corrected chi connectivity index (χ2v) is 5.52. The third-order valence-electron chi connectivity index (χ3n) is 4.03. The summed E-state index contributed by atoms with van der Waals surface area (Å²) in [6.07, 6.45) is 5.76. The van der Waals surface area contributed by atoms with Crippen LogP contribution in [0.5, 0.6) is 0 Å². The van der Waals surface area contributed by atoms with Crippen molar-refractivity contribution in [2.45, 2.75) is 31.7 Å². The lowest BCUT2D eigenvalue weighted by Crippen LogP contribution is -2.15. The van der Waals surface area contributed by atoms with Crippen LogP contribution in [0, 0.1) is 0 Å². The lowest BCUT2D eigenvalue weighted by molar-refractivity contribution is 0.0692. The number of imidazole rings is 1. The van der Waals surface area contributed by atoms with E-state index in [4.69, 9.17) is 0 Å². The molecule has 2 aromatic rings. The summed E-state index contributed by atoms with van der Waals surface area (Å²) in [6, 6.07) is 9.86. The first kappa shape index (κ1) is 13.6.